The van der Waals surface area contributed by atoms with Gasteiger partial charge < -0.3 is 9.84 Å². The van der Waals surface area contributed by atoms with Crippen LogP contribution in [0.15, 0.2) is 39.7 Å². The summed E-state index contributed by atoms with van der Waals surface area (Å²) in [5.74, 6) is 0.348. The minimum absolute atomic E-state index is 0.0764. The van der Waals surface area contributed by atoms with Crippen molar-refractivity contribution in [1.82, 2.24) is 9.88 Å². The summed E-state index contributed by atoms with van der Waals surface area (Å²) in [7, 11) is 1.69. The van der Waals surface area contributed by atoms with E-state index in [1.54, 1.807) is 37.5 Å². The highest BCUT2D eigenvalue weighted by atomic mass is 32.2. The lowest BCUT2D eigenvalue weighted by Gasteiger charge is -2.07. The second-order valence-corrected chi connectivity index (χ2v) is 6.73. The summed E-state index contributed by atoms with van der Waals surface area (Å²) in [6, 6.07) is 4.99. The van der Waals surface area contributed by atoms with E-state index in [1.807, 2.05) is 12.3 Å². The Hall–Kier alpha value is -2.32. The molecule has 1 aliphatic rings. The molecule has 24 heavy (non-hydrogen) atoms. The van der Waals surface area contributed by atoms with Gasteiger partial charge in [-0.3, -0.25) is 9.69 Å². The van der Waals surface area contributed by atoms with Crippen LogP contribution in [0, 0.1) is 0 Å². The smallest absolute Gasteiger partial charge is 0.266 e. The fourth-order valence-corrected chi connectivity index (χ4v) is 3.58. The van der Waals surface area contributed by atoms with E-state index in [2.05, 4.69) is 9.98 Å². The maximum Gasteiger partial charge on any atom is 0.266 e. The lowest BCUT2D eigenvalue weighted by molar-refractivity contribution is -0.121. The number of hydrogen-bond acceptors (Lipinski definition) is 7. The van der Waals surface area contributed by atoms with Crippen molar-refractivity contribution >= 4 is 45.4 Å². The molecule has 0 saturated carbocycles. The maximum atomic E-state index is 12.4. The molecule has 8 heteroatoms. The largest absolute Gasteiger partial charge is 0.504 e. The number of benzene rings is 1. The Balaban J connectivity index is 1.88. The molecular formula is C16H15N3O3S2. The number of aromatic nitrogens is 1. The van der Waals surface area contributed by atoms with Crippen LogP contribution in [0.3, 0.4) is 0 Å². The number of aliphatic imine (C=N–C) groups is 1. The maximum absolute atomic E-state index is 12.4. The van der Waals surface area contributed by atoms with Crippen LogP contribution < -0.4 is 4.74 Å². The molecule has 124 valence electrons. The van der Waals surface area contributed by atoms with Crippen molar-refractivity contribution in [3.05, 3.63) is 40.2 Å². The molecule has 0 atom stereocenters. The molecule has 6 nitrogen and oxygen atoms in total. The predicted octanol–water partition coefficient (Wildman–Crippen LogP) is 3.48. The van der Waals surface area contributed by atoms with E-state index in [0.717, 1.165) is 5.56 Å². The lowest BCUT2D eigenvalue weighted by Crippen LogP contribution is -2.23. The van der Waals surface area contributed by atoms with E-state index in [0.29, 0.717) is 27.6 Å². The second-order valence-electron chi connectivity index (χ2n) is 4.84. The number of aromatic hydroxyl groups is 1. The van der Waals surface area contributed by atoms with E-state index in [4.69, 9.17) is 4.74 Å². The molecule has 1 aliphatic heterocycles. The monoisotopic (exact) mass is 361 g/mol. The van der Waals surface area contributed by atoms with Gasteiger partial charge in [0.1, 0.15) is 0 Å². The molecule has 2 aromatic rings. The predicted molar refractivity (Wildman–Crippen MR) is 96.8 cm³/mol. The summed E-state index contributed by atoms with van der Waals surface area (Å²) >= 11 is 2.71. The Morgan fingerprint density at radius 2 is 2.29 bits per heavy atom. The van der Waals surface area contributed by atoms with Crippen molar-refractivity contribution in [2.24, 2.45) is 4.99 Å². The number of hydrogen-bond donors (Lipinski definition) is 1. The van der Waals surface area contributed by atoms with Crippen molar-refractivity contribution in [1.29, 1.82) is 0 Å². The number of thiazole rings is 1. The number of nitrogens with zero attached hydrogens (tertiary/aromatic N) is 3. The fourth-order valence-electron chi connectivity index (χ4n) is 2.05. The van der Waals surface area contributed by atoms with Crippen LogP contribution in [-0.2, 0) is 4.79 Å². The highest BCUT2D eigenvalue weighted by Crippen LogP contribution is 2.35. The topological polar surface area (TPSA) is 75.0 Å². The van der Waals surface area contributed by atoms with Gasteiger partial charge in [-0.2, -0.15) is 4.99 Å². The average molecular weight is 361 g/mol. The quantitative estimate of drug-likeness (QED) is 0.844. The number of phenols is 1. The molecule has 0 aliphatic carbocycles. The summed E-state index contributed by atoms with van der Waals surface area (Å²) in [4.78, 5) is 22.9. The SMILES string of the molecule is CCOc1cc(/C=C2\S/C(=N/c3nccs3)N(C)C2=O)ccc1O. The summed E-state index contributed by atoms with van der Waals surface area (Å²) in [6.45, 7) is 2.30. The second kappa shape index (κ2) is 7.06. The third-order valence-electron chi connectivity index (χ3n) is 3.20. The highest BCUT2D eigenvalue weighted by Gasteiger charge is 2.30. The first kappa shape index (κ1) is 16.5. The van der Waals surface area contributed by atoms with E-state index in [9.17, 15) is 9.90 Å². The van der Waals surface area contributed by atoms with Gasteiger partial charge in [0.25, 0.3) is 5.91 Å². The first-order valence-electron chi connectivity index (χ1n) is 7.20. The number of amidine groups is 1. The number of carbonyl (C=O) groups excluding carboxylic acids is 1. The molecular weight excluding hydrogens is 346 g/mol. The zero-order valence-corrected chi connectivity index (χ0v) is 14.7. The molecule has 0 radical (unpaired) electrons. The molecule has 1 fully saturated rings. The Morgan fingerprint density at radius 1 is 1.46 bits per heavy atom. The molecule has 1 saturated heterocycles. The van der Waals surface area contributed by atoms with Gasteiger partial charge in [-0.1, -0.05) is 6.07 Å². The van der Waals surface area contributed by atoms with Gasteiger partial charge in [-0.15, -0.1) is 11.3 Å². The van der Waals surface area contributed by atoms with E-state index in [-0.39, 0.29) is 11.7 Å². The summed E-state index contributed by atoms with van der Waals surface area (Å²) in [6.07, 6.45) is 3.43. The zero-order chi connectivity index (χ0) is 17.1. The van der Waals surface area contributed by atoms with E-state index in [1.165, 1.54) is 28.0 Å². The highest BCUT2D eigenvalue weighted by molar-refractivity contribution is 8.18. The average Bonchev–Trinajstić information content (AvgIpc) is 3.16. The molecule has 3 rings (SSSR count). The van der Waals surface area contributed by atoms with Crippen LogP contribution in [-0.4, -0.2) is 39.7 Å². The van der Waals surface area contributed by atoms with Gasteiger partial charge in [-0.05, 0) is 42.5 Å². The van der Waals surface area contributed by atoms with Crippen molar-refractivity contribution in [3.8, 4) is 11.5 Å². The minimum Gasteiger partial charge on any atom is -0.504 e. The Morgan fingerprint density at radius 3 is 3.00 bits per heavy atom. The van der Waals surface area contributed by atoms with Gasteiger partial charge in [0.15, 0.2) is 16.7 Å². The molecule has 1 aromatic heterocycles. The number of amides is 1. The number of thioether (sulfide) groups is 1. The number of ether oxygens (including phenoxy) is 1. The molecule has 0 spiro atoms. The molecule has 1 amide bonds. The van der Waals surface area contributed by atoms with Crippen molar-refractivity contribution in [2.75, 3.05) is 13.7 Å². The van der Waals surface area contributed by atoms with Crippen molar-refractivity contribution in [2.45, 2.75) is 6.92 Å². The standard InChI is InChI=1S/C16H15N3O3S2/c1-3-22-12-8-10(4-5-11(12)20)9-13-14(21)19(2)16(24-13)18-15-17-6-7-23-15/h4-9,20H,3H2,1-2H3/b13-9-,18-16+. The molecule has 0 bridgehead atoms. The van der Waals surface area contributed by atoms with Crippen LogP contribution in [0.5, 0.6) is 11.5 Å². The fraction of sp³-hybridized carbons (Fsp3) is 0.188. The molecule has 2 heterocycles. The number of phenolic OH excluding ortho intramolecular Hbond substituents is 1. The third-order valence-corrected chi connectivity index (χ3v) is 4.92. The summed E-state index contributed by atoms with van der Waals surface area (Å²) in [5.41, 5.74) is 0.774. The van der Waals surface area contributed by atoms with Gasteiger partial charge in [0.2, 0.25) is 5.13 Å². The molecule has 0 unspecified atom stereocenters. The lowest BCUT2D eigenvalue weighted by atomic mass is 10.2. The first-order valence-corrected chi connectivity index (χ1v) is 8.89. The zero-order valence-electron chi connectivity index (χ0n) is 13.1. The van der Waals surface area contributed by atoms with Gasteiger partial charge >= 0.3 is 0 Å². The van der Waals surface area contributed by atoms with Crippen LogP contribution in [0.4, 0.5) is 5.13 Å². The molecule has 1 aromatic carbocycles. The number of rotatable bonds is 4. The van der Waals surface area contributed by atoms with Crippen molar-refractivity contribution < 1.29 is 14.6 Å². The number of carbonyl (C=O) groups is 1. The summed E-state index contributed by atoms with van der Waals surface area (Å²) in [5, 5.41) is 12.8. The van der Waals surface area contributed by atoms with Gasteiger partial charge in [0.05, 0.1) is 11.5 Å². The van der Waals surface area contributed by atoms with Crippen LogP contribution in [0.1, 0.15) is 12.5 Å². The van der Waals surface area contributed by atoms with Crippen LogP contribution in [0.2, 0.25) is 0 Å². The van der Waals surface area contributed by atoms with Crippen LogP contribution >= 0.6 is 23.1 Å². The number of likely N-dealkylation sites (N-methyl/N-ethyl adjacent to an activating group) is 1. The normalized spacial score (nSPS) is 17.9. The van der Waals surface area contributed by atoms with E-state index >= 15 is 0 Å². The van der Waals surface area contributed by atoms with Gasteiger partial charge in [-0.25, -0.2) is 4.98 Å². The van der Waals surface area contributed by atoms with Crippen molar-refractivity contribution in [3.63, 3.8) is 0 Å². The Bertz CT molecular complexity index is 816. The Kier molecular flexibility index (Phi) is 4.86. The van der Waals surface area contributed by atoms with Crippen LogP contribution in [0.25, 0.3) is 6.08 Å². The summed E-state index contributed by atoms with van der Waals surface area (Å²) < 4.78 is 5.37. The third kappa shape index (κ3) is 3.44. The Labute approximate surface area is 147 Å². The minimum atomic E-state index is -0.124. The molecule has 1 N–H and O–H groups in total. The van der Waals surface area contributed by atoms with Gasteiger partial charge in [0, 0.05) is 18.6 Å². The van der Waals surface area contributed by atoms with E-state index < -0.39 is 0 Å². The first-order chi connectivity index (χ1) is 11.6.